The van der Waals surface area contributed by atoms with Gasteiger partial charge in [0.05, 0.1) is 5.41 Å². The van der Waals surface area contributed by atoms with E-state index in [1.54, 1.807) is 4.90 Å². The first-order chi connectivity index (χ1) is 11.9. The van der Waals surface area contributed by atoms with Crippen LogP contribution in [-0.2, 0) is 15.0 Å². The van der Waals surface area contributed by atoms with Gasteiger partial charge in [0.15, 0.2) is 0 Å². The molecule has 2 saturated heterocycles. The summed E-state index contributed by atoms with van der Waals surface area (Å²) in [7, 11) is 3.89. The third-order valence-corrected chi connectivity index (χ3v) is 5.80. The van der Waals surface area contributed by atoms with Crippen LogP contribution < -0.4 is 0 Å². The molecule has 0 aliphatic carbocycles. The van der Waals surface area contributed by atoms with E-state index in [1.165, 1.54) is 0 Å². The van der Waals surface area contributed by atoms with Crippen LogP contribution in [-0.4, -0.2) is 84.5 Å². The molecule has 2 fully saturated rings. The largest absolute Gasteiger partial charge is 0.480 e. The highest BCUT2D eigenvalue weighted by Gasteiger charge is 2.46. The summed E-state index contributed by atoms with van der Waals surface area (Å²) in [6.45, 7) is 3.18. The molecule has 1 atom stereocenters. The number of nitrogens with zero attached hydrogens (tertiary/aromatic N) is 3. The summed E-state index contributed by atoms with van der Waals surface area (Å²) in [5, 5.41) is 9.45. The first-order valence-corrected chi connectivity index (χ1v) is 8.90. The second-order valence-electron chi connectivity index (χ2n) is 7.34. The molecule has 6 nitrogen and oxygen atoms in total. The molecule has 1 N–H and O–H groups in total. The lowest BCUT2D eigenvalue weighted by Gasteiger charge is -2.45. The van der Waals surface area contributed by atoms with Gasteiger partial charge in [-0.3, -0.25) is 14.5 Å². The van der Waals surface area contributed by atoms with Crippen LogP contribution in [0, 0.1) is 0 Å². The molecule has 2 aliphatic heterocycles. The van der Waals surface area contributed by atoms with E-state index in [0.29, 0.717) is 13.1 Å². The Morgan fingerprint density at radius 3 is 2.28 bits per heavy atom. The van der Waals surface area contributed by atoms with Gasteiger partial charge in [0.25, 0.3) is 0 Å². The fourth-order valence-corrected chi connectivity index (χ4v) is 4.01. The lowest BCUT2D eigenvalue weighted by atomic mass is 9.71. The van der Waals surface area contributed by atoms with Gasteiger partial charge >= 0.3 is 5.97 Å². The van der Waals surface area contributed by atoms with Crippen LogP contribution in [0.2, 0.25) is 0 Å². The predicted octanol–water partition coefficient (Wildman–Crippen LogP) is 0.877. The summed E-state index contributed by atoms with van der Waals surface area (Å²) >= 11 is 0. The minimum atomic E-state index is -0.864. The van der Waals surface area contributed by atoms with Gasteiger partial charge in [-0.1, -0.05) is 30.3 Å². The Balaban J connectivity index is 1.89. The lowest BCUT2D eigenvalue weighted by molar-refractivity contribution is -0.150. The van der Waals surface area contributed by atoms with Crippen molar-refractivity contribution in [3.05, 3.63) is 35.9 Å². The summed E-state index contributed by atoms with van der Waals surface area (Å²) in [4.78, 5) is 30.9. The molecule has 0 saturated carbocycles. The van der Waals surface area contributed by atoms with Crippen molar-refractivity contribution in [2.24, 2.45) is 0 Å². The second-order valence-corrected chi connectivity index (χ2v) is 7.34. The number of hydrogen-bond acceptors (Lipinski definition) is 4. The topological polar surface area (TPSA) is 64.1 Å². The van der Waals surface area contributed by atoms with Gasteiger partial charge in [-0.2, -0.15) is 0 Å². The van der Waals surface area contributed by atoms with Crippen LogP contribution in [0.1, 0.15) is 18.4 Å². The summed E-state index contributed by atoms with van der Waals surface area (Å²) < 4.78 is 0. The molecule has 1 amide bonds. The molecule has 1 aromatic carbocycles. The van der Waals surface area contributed by atoms with Crippen LogP contribution in [0.5, 0.6) is 0 Å². The highest BCUT2D eigenvalue weighted by Crippen LogP contribution is 2.37. The number of carboxylic acid groups (broad SMARTS) is 1. The Morgan fingerprint density at radius 2 is 1.68 bits per heavy atom. The maximum absolute atomic E-state index is 13.6. The maximum atomic E-state index is 13.6. The van der Waals surface area contributed by atoms with Crippen LogP contribution in [0.15, 0.2) is 30.3 Å². The standard InChI is InChI=1S/C19H27N3O3/c1-20-10-8-19(9-11-20,15-6-4-3-5-7-15)18(25)22-13-12-21(2)16(14-22)17(23)24/h3-7,16H,8-14H2,1-2H3,(H,23,24)/t16-/m1/s1. The number of hydrogen-bond donors (Lipinski definition) is 1. The van der Waals surface area contributed by atoms with E-state index in [0.717, 1.165) is 31.5 Å². The SMILES string of the molecule is CN1CCC(C(=O)N2CCN(C)[C@@H](C(=O)O)C2)(c2ccccc2)CC1. The van der Waals surface area contributed by atoms with Gasteiger partial charge in [-0.25, -0.2) is 0 Å². The number of aliphatic carboxylic acids is 1. The molecular formula is C19H27N3O3. The third kappa shape index (κ3) is 3.41. The Labute approximate surface area is 149 Å². The van der Waals surface area contributed by atoms with E-state index in [1.807, 2.05) is 42.3 Å². The van der Waals surface area contributed by atoms with Crippen molar-refractivity contribution in [2.45, 2.75) is 24.3 Å². The average Bonchev–Trinajstić information content (AvgIpc) is 2.63. The number of rotatable bonds is 3. The zero-order valence-corrected chi connectivity index (χ0v) is 15.0. The van der Waals surface area contributed by atoms with Crippen LogP contribution in [0.25, 0.3) is 0 Å². The molecule has 0 bridgehead atoms. The number of benzene rings is 1. The molecule has 25 heavy (non-hydrogen) atoms. The van der Waals surface area contributed by atoms with E-state index in [4.69, 9.17) is 0 Å². The van der Waals surface area contributed by atoms with Crippen molar-refractivity contribution in [1.29, 1.82) is 0 Å². The fourth-order valence-electron chi connectivity index (χ4n) is 4.01. The molecule has 6 heteroatoms. The number of likely N-dealkylation sites (tertiary alicyclic amines) is 1. The van der Waals surface area contributed by atoms with Crippen molar-refractivity contribution < 1.29 is 14.7 Å². The predicted molar refractivity (Wildman–Crippen MR) is 95.5 cm³/mol. The summed E-state index contributed by atoms with van der Waals surface area (Å²) in [6, 6.07) is 9.37. The summed E-state index contributed by atoms with van der Waals surface area (Å²) in [5.41, 5.74) is 0.520. The molecule has 0 spiro atoms. The molecule has 2 aliphatic rings. The first kappa shape index (κ1) is 17.9. The van der Waals surface area contributed by atoms with Gasteiger partial charge in [0, 0.05) is 19.6 Å². The zero-order chi connectivity index (χ0) is 18.0. The minimum Gasteiger partial charge on any atom is -0.480 e. The Kier molecular flexibility index (Phi) is 5.11. The lowest BCUT2D eigenvalue weighted by Crippen LogP contribution is -2.61. The number of likely N-dealkylation sites (N-methyl/N-ethyl adjacent to an activating group) is 1. The Hall–Kier alpha value is -1.92. The number of amides is 1. The van der Waals surface area contributed by atoms with E-state index in [2.05, 4.69) is 11.9 Å². The quantitative estimate of drug-likeness (QED) is 0.881. The molecule has 136 valence electrons. The van der Waals surface area contributed by atoms with Crippen molar-refractivity contribution in [3.63, 3.8) is 0 Å². The van der Waals surface area contributed by atoms with E-state index < -0.39 is 17.4 Å². The van der Waals surface area contributed by atoms with Crippen LogP contribution >= 0.6 is 0 Å². The molecule has 2 heterocycles. The number of piperazine rings is 1. The first-order valence-electron chi connectivity index (χ1n) is 8.90. The highest BCUT2D eigenvalue weighted by atomic mass is 16.4. The summed E-state index contributed by atoms with van der Waals surface area (Å²) in [6.07, 6.45) is 1.55. The molecule has 0 radical (unpaired) electrons. The second kappa shape index (κ2) is 7.14. The molecule has 3 rings (SSSR count). The highest BCUT2D eigenvalue weighted by molar-refractivity contribution is 5.89. The number of carboxylic acids is 1. The normalized spacial score (nSPS) is 24.9. The number of carbonyl (C=O) groups is 2. The Morgan fingerprint density at radius 1 is 1.04 bits per heavy atom. The number of carbonyl (C=O) groups excluding carboxylic acids is 1. The van der Waals surface area contributed by atoms with Crippen LogP contribution in [0.3, 0.4) is 0 Å². The van der Waals surface area contributed by atoms with Crippen molar-refractivity contribution >= 4 is 11.9 Å². The van der Waals surface area contributed by atoms with E-state index in [-0.39, 0.29) is 12.5 Å². The minimum absolute atomic E-state index is 0.0890. The Bertz CT molecular complexity index is 626. The van der Waals surface area contributed by atoms with Gasteiger partial charge in [-0.15, -0.1) is 0 Å². The van der Waals surface area contributed by atoms with E-state index >= 15 is 0 Å². The van der Waals surface area contributed by atoms with Gasteiger partial charge in [0.2, 0.25) is 5.91 Å². The monoisotopic (exact) mass is 345 g/mol. The maximum Gasteiger partial charge on any atom is 0.322 e. The molecule has 0 unspecified atom stereocenters. The van der Waals surface area contributed by atoms with Crippen molar-refractivity contribution in [2.75, 3.05) is 46.8 Å². The third-order valence-electron chi connectivity index (χ3n) is 5.80. The number of piperidine rings is 1. The summed E-state index contributed by atoms with van der Waals surface area (Å²) in [5.74, 6) is -0.775. The van der Waals surface area contributed by atoms with Crippen LogP contribution in [0.4, 0.5) is 0 Å². The molecular weight excluding hydrogens is 318 g/mol. The average molecular weight is 345 g/mol. The van der Waals surface area contributed by atoms with E-state index in [9.17, 15) is 14.7 Å². The van der Waals surface area contributed by atoms with Gasteiger partial charge in [0.1, 0.15) is 6.04 Å². The van der Waals surface area contributed by atoms with Crippen molar-refractivity contribution in [3.8, 4) is 0 Å². The van der Waals surface area contributed by atoms with Crippen molar-refractivity contribution in [1.82, 2.24) is 14.7 Å². The molecule has 0 aromatic heterocycles. The van der Waals surface area contributed by atoms with Gasteiger partial charge in [-0.05, 0) is 45.6 Å². The fraction of sp³-hybridized carbons (Fsp3) is 0.579. The molecule has 1 aromatic rings. The van der Waals surface area contributed by atoms with Gasteiger partial charge < -0.3 is 14.9 Å². The smallest absolute Gasteiger partial charge is 0.322 e. The zero-order valence-electron chi connectivity index (χ0n) is 15.0.